The van der Waals surface area contributed by atoms with Crippen LogP contribution in [0.15, 0.2) is 85.5 Å². The van der Waals surface area contributed by atoms with Crippen molar-refractivity contribution in [2.45, 2.75) is 103 Å². The van der Waals surface area contributed by atoms with Gasteiger partial charge in [0.2, 0.25) is 5.91 Å². The van der Waals surface area contributed by atoms with E-state index in [1.54, 1.807) is 6.08 Å². The second-order valence-electron chi connectivity index (χ2n) is 12.5. The maximum atomic E-state index is 12.4. The molecule has 0 bridgehead atoms. The van der Waals surface area contributed by atoms with Gasteiger partial charge in [-0.25, -0.2) is 0 Å². The third-order valence-corrected chi connectivity index (χ3v) is 8.92. The second kappa shape index (κ2) is 25.8. The summed E-state index contributed by atoms with van der Waals surface area (Å²) >= 11 is 0. The number of likely N-dealkylation sites (N-methyl/N-ethyl adjacent to an activating group) is 1. The average molecular weight is 704 g/mol. The zero-order valence-corrected chi connectivity index (χ0v) is 31.4. The van der Waals surface area contributed by atoms with E-state index in [2.05, 4.69) is 97.0 Å². The number of nitrogens with zero attached hydrogens (tertiary/aromatic N) is 2. The van der Waals surface area contributed by atoms with E-state index in [4.69, 9.17) is 9.47 Å². The normalized spacial score (nSPS) is 19.1. The van der Waals surface area contributed by atoms with Gasteiger partial charge in [0.25, 0.3) is 5.91 Å². The lowest BCUT2D eigenvalue weighted by Crippen LogP contribution is -2.47. The summed E-state index contributed by atoms with van der Waals surface area (Å²) in [7, 11) is 3.49. The minimum Gasteiger partial charge on any atom is -0.376 e. The van der Waals surface area contributed by atoms with Crippen LogP contribution in [0.2, 0.25) is 0 Å². The Morgan fingerprint density at radius 3 is 2.43 bits per heavy atom. The first-order chi connectivity index (χ1) is 24.8. The van der Waals surface area contributed by atoms with Gasteiger partial charge in [0.1, 0.15) is 12.2 Å². The van der Waals surface area contributed by atoms with Crippen molar-refractivity contribution in [3.63, 3.8) is 0 Å². The van der Waals surface area contributed by atoms with E-state index in [1.807, 2.05) is 25.3 Å². The Labute approximate surface area is 305 Å². The van der Waals surface area contributed by atoms with Gasteiger partial charge in [0.05, 0.1) is 31.5 Å². The van der Waals surface area contributed by atoms with Crippen molar-refractivity contribution >= 4 is 18.1 Å². The number of carbonyl (C=O) groups is 3. The number of nitrogens with one attached hydrogen (secondary N) is 3. The van der Waals surface area contributed by atoms with E-state index in [0.29, 0.717) is 31.0 Å². The largest absolute Gasteiger partial charge is 0.376 e. The number of hydrogen-bond donors (Lipinski definition) is 3. The van der Waals surface area contributed by atoms with Gasteiger partial charge in [-0.1, -0.05) is 113 Å². The van der Waals surface area contributed by atoms with Gasteiger partial charge < -0.3 is 25.4 Å². The summed E-state index contributed by atoms with van der Waals surface area (Å²) in [6.07, 6.45) is 23.2. The number of aldehydes is 1. The Kier molecular flexibility index (Phi) is 21.8. The van der Waals surface area contributed by atoms with Gasteiger partial charge in [-0.15, -0.1) is 0 Å². The zero-order chi connectivity index (χ0) is 37.3. The number of hydrogen-bond acceptors (Lipinski definition) is 7. The molecule has 2 aromatic rings. The van der Waals surface area contributed by atoms with Crippen LogP contribution in [0.3, 0.4) is 0 Å². The summed E-state index contributed by atoms with van der Waals surface area (Å²) < 4.78 is 13.1. The van der Waals surface area contributed by atoms with E-state index >= 15 is 0 Å². The number of allylic oxidation sites excluding steroid dienone is 5. The number of amides is 2. The van der Waals surface area contributed by atoms with E-state index in [-0.39, 0.29) is 36.0 Å². The van der Waals surface area contributed by atoms with Crippen molar-refractivity contribution in [1.29, 1.82) is 0 Å². The molecule has 0 radical (unpaired) electrons. The van der Waals surface area contributed by atoms with Crippen molar-refractivity contribution in [3.8, 4) is 0 Å². The predicted molar refractivity (Wildman–Crippen MR) is 206 cm³/mol. The van der Waals surface area contributed by atoms with Crippen LogP contribution in [-0.4, -0.2) is 79.5 Å². The van der Waals surface area contributed by atoms with Crippen LogP contribution >= 0.6 is 0 Å². The molecule has 0 saturated heterocycles. The second-order valence-corrected chi connectivity index (χ2v) is 12.5. The van der Waals surface area contributed by atoms with Crippen LogP contribution in [0.5, 0.6) is 0 Å². The summed E-state index contributed by atoms with van der Waals surface area (Å²) in [5.41, 5.74) is 1.68. The van der Waals surface area contributed by atoms with Gasteiger partial charge in [-0.05, 0) is 57.2 Å². The monoisotopic (exact) mass is 703 g/mol. The molecule has 1 aromatic carbocycles. The molecule has 1 aromatic heterocycles. The number of aryl methyl sites for hydroxylation is 1. The molecule has 0 aliphatic heterocycles. The molecule has 280 valence electrons. The first kappa shape index (κ1) is 43.0. The average Bonchev–Trinajstić information content (AvgIpc) is 3.59. The minimum atomic E-state index is -0.411. The van der Waals surface area contributed by atoms with Gasteiger partial charge in [0.15, 0.2) is 12.0 Å². The summed E-state index contributed by atoms with van der Waals surface area (Å²) in [6.45, 7) is 11.4. The lowest BCUT2D eigenvalue weighted by atomic mass is 9.92. The van der Waals surface area contributed by atoms with Crippen molar-refractivity contribution in [2.75, 3.05) is 27.3 Å². The molecular weight excluding hydrogens is 642 g/mol. The molecule has 2 aliphatic rings. The van der Waals surface area contributed by atoms with Gasteiger partial charge in [-0.2, -0.15) is 5.10 Å². The van der Waals surface area contributed by atoms with Crippen LogP contribution in [0.25, 0.3) is 0 Å². The van der Waals surface area contributed by atoms with E-state index in [0.717, 1.165) is 58.0 Å². The predicted octanol–water partition coefficient (Wildman–Crippen LogP) is 6.40. The number of ether oxygens (including phenoxy) is 2. The highest BCUT2D eigenvalue weighted by molar-refractivity contribution is 5.93. The fourth-order valence-corrected chi connectivity index (χ4v) is 5.96. The highest BCUT2D eigenvalue weighted by Gasteiger charge is 2.27. The van der Waals surface area contributed by atoms with E-state index in [9.17, 15) is 14.4 Å². The van der Waals surface area contributed by atoms with Crippen molar-refractivity contribution in [2.24, 2.45) is 5.92 Å². The van der Waals surface area contributed by atoms with Gasteiger partial charge in [-0.3, -0.25) is 19.1 Å². The molecule has 2 aliphatic carbocycles. The van der Waals surface area contributed by atoms with E-state index < -0.39 is 5.91 Å². The summed E-state index contributed by atoms with van der Waals surface area (Å²) in [6, 6.07) is 12.2. The Hall–Kier alpha value is -4.12. The first-order valence-corrected chi connectivity index (χ1v) is 18.4. The fourth-order valence-electron chi connectivity index (χ4n) is 5.96. The highest BCUT2D eigenvalue weighted by atomic mass is 16.5. The summed E-state index contributed by atoms with van der Waals surface area (Å²) in [5, 5.41) is 12.8. The van der Waals surface area contributed by atoms with Crippen LogP contribution in [0.4, 0.5) is 0 Å². The third-order valence-electron chi connectivity index (χ3n) is 8.92. The molecule has 0 spiro atoms. The van der Waals surface area contributed by atoms with Gasteiger partial charge in [0, 0.05) is 19.0 Å². The van der Waals surface area contributed by atoms with Crippen molar-refractivity contribution in [1.82, 2.24) is 25.7 Å². The Morgan fingerprint density at radius 2 is 1.84 bits per heavy atom. The van der Waals surface area contributed by atoms with E-state index in [1.165, 1.54) is 23.4 Å². The summed E-state index contributed by atoms with van der Waals surface area (Å²) in [5.74, 6) is -0.120. The molecular formula is C41H61N5O5. The quantitative estimate of drug-likeness (QED) is 0.129. The Bertz CT molecular complexity index is 1380. The zero-order valence-electron chi connectivity index (χ0n) is 31.4. The fraction of sp³-hybridized carbons (Fsp3) is 0.512. The molecule has 4 rings (SSSR count). The maximum Gasteiger partial charge on any atom is 0.271 e. The number of benzene rings is 1. The van der Waals surface area contributed by atoms with Crippen LogP contribution < -0.4 is 16.0 Å². The molecule has 1 saturated carbocycles. The molecule has 1 heterocycles. The molecule has 51 heavy (non-hydrogen) atoms. The number of rotatable bonds is 17. The lowest BCUT2D eigenvalue weighted by Gasteiger charge is -2.31. The van der Waals surface area contributed by atoms with Crippen LogP contribution in [0.1, 0.15) is 92.3 Å². The van der Waals surface area contributed by atoms with Crippen molar-refractivity contribution < 1.29 is 23.9 Å². The molecule has 10 heteroatoms. The molecule has 10 nitrogen and oxygen atoms in total. The first-order valence-electron chi connectivity index (χ1n) is 18.4. The van der Waals surface area contributed by atoms with Crippen LogP contribution in [-0.2, 0) is 27.2 Å². The SMILES string of the molecule is C=C/C=C/CO[C@H]1CCCC[C@@H]1NC(=O)Cn1nc(C(=O)NC)cc1C=O.CCC(OCC1C=CC=CC1)[C@H](CC)NC.CCc1ccccc1. The molecule has 3 N–H and O–H groups in total. The molecule has 1 fully saturated rings. The Morgan fingerprint density at radius 1 is 1.08 bits per heavy atom. The lowest BCUT2D eigenvalue weighted by molar-refractivity contribution is -0.124. The van der Waals surface area contributed by atoms with Crippen molar-refractivity contribution in [3.05, 3.63) is 102 Å². The number of carbonyl (C=O) groups excluding carboxylic acids is 3. The topological polar surface area (TPSA) is 124 Å². The highest BCUT2D eigenvalue weighted by Crippen LogP contribution is 2.21. The minimum absolute atomic E-state index is 0.0539. The third kappa shape index (κ3) is 16.2. The van der Waals surface area contributed by atoms with Gasteiger partial charge >= 0.3 is 0 Å². The number of aromatic nitrogens is 2. The Balaban J connectivity index is 0.000000314. The van der Waals surface area contributed by atoms with Crippen LogP contribution in [0, 0.1) is 5.92 Å². The maximum absolute atomic E-state index is 12.4. The summed E-state index contributed by atoms with van der Waals surface area (Å²) in [4.78, 5) is 35.3. The molecule has 2 amide bonds. The smallest absolute Gasteiger partial charge is 0.271 e. The molecule has 5 atom stereocenters. The molecule has 2 unspecified atom stereocenters. The standard InChI is InChI=1S/C19H26N4O4.C14H25NO.C8H10/c1-3-4-7-10-27-17-9-6-5-8-15(17)21-18(25)12-23-14(13-24)11-16(22-23)19(26)20-2;1-4-13(15-3)14(5-2)16-11-12-9-7-6-8-10-12;1-2-8-6-4-3-5-7-8/h3-4,7,11,13,15,17H,1,5-6,8-10,12H2,2H3,(H,20,26)(H,21,25);6-9,12-15H,4-5,10-11H2,1-3H3;3-7H,2H2,1H3/b7-4+;;/t15-,17-;12?,13-,14?;/m00./s1.